The average Bonchev–Trinajstić information content (AvgIpc) is 2.87. The second kappa shape index (κ2) is 5.21. The lowest BCUT2D eigenvalue weighted by atomic mass is 10.1. The molecule has 0 saturated heterocycles. The van der Waals surface area contributed by atoms with Gasteiger partial charge < -0.3 is 5.32 Å². The van der Waals surface area contributed by atoms with Crippen LogP contribution in [0.2, 0.25) is 0 Å². The van der Waals surface area contributed by atoms with Crippen LogP contribution in [0.1, 0.15) is 55.6 Å². The van der Waals surface area contributed by atoms with Crippen LogP contribution in [-0.4, -0.2) is 22.4 Å². The van der Waals surface area contributed by atoms with Crippen molar-refractivity contribution in [2.45, 2.75) is 65.5 Å². The third kappa shape index (κ3) is 2.39. The fourth-order valence-corrected chi connectivity index (χ4v) is 2.87. The topological polar surface area (TPSA) is 29.9 Å². The zero-order chi connectivity index (χ0) is 12.4. The SMILES string of the molecule is CCCNC1CCCC1n1nc(C)c(C)c1C. The lowest BCUT2D eigenvalue weighted by molar-refractivity contribution is 0.360. The average molecular weight is 235 g/mol. The second-order valence-electron chi connectivity index (χ2n) is 5.30. The van der Waals surface area contributed by atoms with E-state index in [2.05, 4.69) is 37.7 Å². The van der Waals surface area contributed by atoms with Crippen LogP contribution in [0.3, 0.4) is 0 Å². The number of rotatable bonds is 4. The predicted octanol–water partition coefficient (Wildman–Crippen LogP) is 2.90. The molecule has 1 aliphatic rings. The first kappa shape index (κ1) is 12.6. The maximum atomic E-state index is 4.73. The van der Waals surface area contributed by atoms with E-state index < -0.39 is 0 Å². The van der Waals surface area contributed by atoms with Crippen LogP contribution < -0.4 is 5.32 Å². The van der Waals surface area contributed by atoms with Crippen molar-refractivity contribution in [3.05, 3.63) is 17.0 Å². The number of hydrogen-bond donors (Lipinski definition) is 1. The van der Waals surface area contributed by atoms with E-state index in [0.717, 1.165) is 6.54 Å². The molecule has 0 radical (unpaired) electrons. The van der Waals surface area contributed by atoms with E-state index in [-0.39, 0.29) is 0 Å². The Morgan fingerprint density at radius 1 is 1.29 bits per heavy atom. The summed E-state index contributed by atoms with van der Waals surface area (Å²) in [5.74, 6) is 0. The fourth-order valence-electron chi connectivity index (χ4n) is 2.87. The molecule has 3 heteroatoms. The van der Waals surface area contributed by atoms with Crippen LogP contribution in [0.15, 0.2) is 0 Å². The highest BCUT2D eigenvalue weighted by Gasteiger charge is 2.30. The van der Waals surface area contributed by atoms with Gasteiger partial charge in [0.15, 0.2) is 0 Å². The minimum Gasteiger partial charge on any atom is -0.312 e. The molecule has 0 amide bonds. The quantitative estimate of drug-likeness (QED) is 0.869. The molecule has 0 spiro atoms. The highest BCUT2D eigenvalue weighted by atomic mass is 15.3. The van der Waals surface area contributed by atoms with Crippen LogP contribution in [-0.2, 0) is 0 Å². The van der Waals surface area contributed by atoms with Gasteiger partial charge in [-0.15, -0.1) is 0 Å². The van der Waals surface area contributed by atoms with Gasteiger partial charge in [0, 0.05) is 11.7 Å². The van der Waals surface area contributed by atoms with Gasteiger partial charge in [0.1, 0.15) is 0 Å². The van der Waals surface area contributed by atoms with Gasteiger partial charge in [-0.05, 0) is 58.6 Å². The van der Waals surface area contributed by atoms with Crippen molar-refractivity contribution in [2.24, 2.45) is 0 Å². The van der Waals surface area contributed by atoms with Gasteiger partial charge in [0.2, 0.25) is 0 Å². The number of aromatic nitrogens is 2. The van der Waals surface area contributed by atoms with Gasteiger partial charge >= 0.3 is 0 Å². The van der Waals surface area contributed by atoms with E-state index in [1.54, 1.807) is 0 Å². The molecule has 2 rings (SSSR count). The zero-order valence-electron chi connectivity index (χ0n) is 11.6. The van der Waals surface area contributed by atoms with Crippen LogP contribution in [0.5, 0.6) is 0 Å². The van der Waals surface area contributed by atoms with Crippen molar-refractivity contribution < 1.29 is 0 Å². The molecule has 1 aromatic heterocycles. The third-order valence-corrected chi connectivity index (χ3v) is 4.14. The molecule has 1 aliphatic carbocycles. The molecule has 1 fully saturated rings. The number of hydrogen-bond acceptors (Lipinski definition) is 2. The number of aryl methyl sites for hydroxylation is 1. The molecule has 2 unspecified atom stereocenters. The van der Waals surface area contributed by atoms with Gasteiger partial charge in [0.25, 0.3) is 0 Å². The smallest absolute Gasteiger partial charge is 0.0675 e. The summed E-state index contributed by atoms with van der Waals surface area (Å²) in [6, 6.07) is 1.18. The molecular formula is C14H25N3. The second-order valence-corrected chi connectivity index (χ2v) is 5.30. The molecule has 17 heavy (non-hydrogen) atoms. The molecule has 1 N–H and O–H groups in total. The molecule has 1 saturated carbocycles. The summed E-state index contributed by atoms with van der Waals surface area (Å²) in [5, 5.41) is 8.40. The lowest BCUT2D eigenvalue weighted by Gasteiger charge is -2.22. The van der Waals surface area contributed by atoms with E-state index in [9.17, 15) is 0 Å². The maximum Gasteiger partial charge on any atom is 0.0675 e. The van der Waals surface area contributed by atoms with Gasteiger partial charge in [-0.25, -0.2) is 0 Å². The van der Waals surface area contributed by atoms with Crippen molar-refractivity contribution in [1.29, 1.82) is 0 Å². The number of nitrogens with one attached hydrogen (secondary N) is 1. The van der Waals surface area contributed by atoms with Crippen molar-refractivity contribution in [2.75, 3.05) is 6.54 Å². The summed E-state index contributed by atoms with van der Waals surface area (Å²) in [7, 11) is 0. The summed E-state index contributed by atoms with van der Waals surface area (Å²) in [6.07, 6.45) is 5.09. The molecule has 3 nitrogen and oxygen atoms in total. The molecule has 2 atom stereocenters. The molecule has 0 aromatic carbocycles. The van der Waals surface area contributed by atoms with Crippen LogP contribution >= 0.6 is 0 Å². The Balaban J connectivity index is 2.17. The first-order valence-corrected chi connectivity index (χ1v) is 6.90. The van der Waals surface area contributed by atoms with E-state index in [1.165, 1.54) is 42.6 Å². The fraction of sp³-hybridized carbons (Fsp3) is 0.786. The van der Waals surface area contributed by atoms with Crippen LogP contribution in [0, 0.1) is 20.8 Å². The van der Waals surface area contributed by atoms with Crippen molar-refractivity contribution in [3.63, 3.8) is 0 Å². The van der Waals surface area contributed by atoms with Crippen molar-refractivity contribution in [3.8, 4) is 0 Å². The lowest BCUT2D eigenvalue weighted by Crippen LogP contribution is -2.35. The van der Waals surface area contributed by atoms with Crippen LogP contribution in [0.4, 0.5) is 0 Å². The van der Waals surface area contributed by atoms with Gasteiger partial charge in [-0.2, -0.15) is 5.10 Å². The standard InChI is InChI=1S/C14H25N3/c1-5-9-15-13-7-6-8-14(13)17-12(4)10(2)11(3)16-17/h13-15H,5-9H2,1-4H3. The third-order valence-electron chi connectivity index (χ3n) is 4.14. The summed E-state index contributed by atoms with van der Waals surface area (Å²) in [5.41, 5.74) is 3.88. The Kier molecular flexibility index (Phi) is 3.87. The monoisotopic (exact) mass is 235 g/mol. The van der Waals surface area contributed by atoms with E-state index in [4.69, 9.17) is 5.10 Å². The highest BCUT2D eigenvalue weighted by Crippen LogP contribution is 2.31. The predicted molar refractivity (Wildman–Crippen MR) is 71.4 cm³/mol. The summed E-state index contributed by atoms with van der Waals surface area (Å²) in [4.78, 5) is 0. The number of nitrogens with zero attached hydrogens (tertiary/aromatic N) is 2. The molecular weight excluding hydrogens is 210 g/mol. The van der Waals surface area contributed by atoms with Gasteiger partial charge in [-0.1, -0.05) is 6.92 Å². The summed E-state index contributed by atoms with van der Waals surface area (Å²) in [6.45, 7) is 9.84. The Morgan fingerprint density at radius 2 is 2.06 bits per heavy atom. The van der Waals surface area contributed by atoms with E-state index in [1.807, 2.05) is 0 Å². The molecule has 1 aromatic rings. The normalized spacial score (nSPS) is 24.5. The van der Waals surface area contributed by atoms with E-state index in [0.29, 0.717) is 12.1 Å². The maximum absolute atomic E-state index is 4.73. The Bertz CT molecular complexity index is 381. The minimum absolute atomic E-state index is 0.564. The largest absolute Gasteiger partial charge is 0.312 e. The zero-order valence-corrected chi connectivity index (χ0v) is 11.6. The molecule has 1 heterocycles. The first-order valence-electron chi connectivity index (χ1n) is 6.90. The molecule has 96 valence electrons. The van der Waals surface area contributed by atoms with Gasteiger partial charge in [0.05, 0.1) is 11.7 Å². The van der Waals surface area contributed by atoms with Crippen LogP contribution in [0.25, 0.3) is 0 Å². The summed E-state index contributed by atoms with van der Waals surface area (Å²) < 4.78 is 2.27. The van der Waals surface area contributed by atoms with Gasteiger partial charge in [-0.3, -0.25) is 4.68 Å². The minimum atomic E-state index is 0.564. The Hall–Kier alpha value is -0.830. The van der Waals surface area contributed by atoms with E-state index >= 15 is 0 Å². The Labute approximate surface area is 105 Å². The van der Waals surface area contributed by atoms with Crippen molar-refractivity contribution in [1.82, 2.24) is 15.1 Å². The van der Waals surface area contributed by atoms with Crippen molar-refractivity contribution >= 4 is 0 Å². The Morgan fingerprint density at radius 3 is 2.65 bits per heavy atom. The molecule has 0 aliphatic heterocycles. The highest BCUT2D eigenvalue weighted by molar-refractivity contribution is 5.23. The first-order chi connectivity index (χ1) is 8.15. The summed E-state index contributed by atoms with van der Waals surface area (Å²) >= 11 is 0. The molecule has 0 bridgehead atoms.